The SMILES string of the molecule is Cc1cccc(-c2nn3c(c2-c2ccc4ncnn4c2/C=C/C(=O)CCC2CC2)CCC3)n1. The first-order chi connectivity index (χ1) is 16.2. The molecule has 166 valence electrons. The maximum absolute atomic E-state index is 12.6. The monoisotopic (exact) mass is 438 g/mol. The number of ketones is 1. The minimum absolute atomic E-state index is 0.158. The second-order valence-electron chi connectivity index (χ2n) is 9.11. The van der Waals surface area contributed by atoms with Gasteiger partial charge in [0.2, 0.25) is 0 Å². The normalized spacial score (nSPS) is 15.5. The largest absolute Gasteiger partial charge is 0.295 e. The maximum Gasteiger partial charge on any atom is 0.155 e. The number of hydrogen-bond donors (Lipinski definition) is 0. The molecule has 4 aromatic heterocycles. The molecular weight excluding hydrogens is 412 g/mol. The summed E-state index contributed by atoms with van der Waals surface area (Å²) in [6.07, 6.45) is 11.3. The zero-order chi connectivity index (χ0) is 22.4. The molecule has 0 bridgehead atoms. The van der Waals surface area contributed by atoms with E-state index in [9.17, 15) is 4.79 Å². The lowest BCUT2D eigenvalue weighted by molar-refractivity contribution is -0.114. The van der Waals surface area contributed by atoms with Crippen LogP contribution in [0, 0.1) is 12.8 Å². The maximum atomic E-state index is 12.6. The van der Waals surface area contributed by atoms with Crippen LogP contribution in [0.5, 0.6) is 0 Å². The lowest BCUT2D eigenvalue weighted by Gasteiger charge is -2.11. The molecule has 7 nitrogen and oxygen atoms in total. The average molecular weight is 439 g/mol. The molecule has 0 radical (unpaired) electrons. The van der Waals surface area contributed by atoms with Gasteiger partial charge in [-0.05, 0) is 68.5 Å². The molecule has 1 saturated carbocycles. The van der Waals surface area contributed by atoms with E-state index in [0.29, 0.717) is 6.42 Å². The third-order valence-corrected chi connectivity index (χ3v) is 6.64. The van der Waals surface area contributed by atoms with Gasteiger partial charge in [0.15, 0.2) is 11.4 Å². The average Bonchev–Trinajstić information content (AvgIpc) is 3.18. The van der Waals surface area contributed by atoms with Crippen molar-refractivity contribution in [3.8, 4) is 22.5 Å². The van der Waals surface area contributed by atoms with Gasteiger partial charge in [-0.2, -0.15) is 10.2 Å². The Hall–Kier alpha value is -3.61. The predicted octanol–water partition coefficient (Wildman–Crippen LogP) is 4.68. The van der Waals surface area contributed by atoms with Crippen molar-refractivity contribution in [2.45, 2.75) is 52.0 Å². The van der Waals surface area contributed by atoms with Gasteiger partial charge in [-0.1, -0.05) is 18.9 Å². The van der Waals surface area contributed by atoms with Crippen LogP contribution in [-0.4, -0.2) is 35.1 Å². The number of hydrogen-bond acceptors (Lipinski definition) is 5. The summed E-state index contributed by atoms with van der Waals surface area (Å²) >= 11 is 0. The molecule has 0 amide bonds. The number of pyridine rings is 2. The molecule has 2 aliphatic rings. The number of aromatic nitrogens is 6. The van der Waals surface area contributed by atoms with Gasteiger partial charge in [0, 0.05) is 35.5 Å². The molecule has 1 aliphatic carbocycles. The third kappa shape index (κ3) is 3.77. The van der Waals surface area contributed by atoms with E-state index in [-0.39, 0.29) is 5.78 Å². The quantitative estimate of drug-likeness (QED) is 0.392. The van der Waals surface area contributed by atoms with E-state index in [1.807, 2.05) is 41.8 Å². The smallest absolute Gasteiger partial charge is 0.155 e. The van der Waals surface area contributed by atoms with Gasteiger partial charge >= 0.3 is 0 Å². The van der Waals surface area contributed by atoms with Crippen LogP contribution < -0.4 is 0 Å². The van der Waals surface area contributed by atoms with Crippen LogP contribution in [0.15, 0.2) is 42.7 Å². The van der Waals surface area contributed by atoms with E-state index in [1.165, 1.54) is 18.5 Å². The zero-order valence-electron chi connectivity index (χ0n) is 18.7. The molecule has 1 aliphatic heterocycles. The first-order valence-electron chi connectivity index (χ1n) is 11.7. The second kappa shape index (κ2) is 8.06. The third-order valence-electron chi connectivity index (χ3n) is 6.64. The van der Waals surface area contributed by atoms with E-state index in [0.717, 1.165) is 71.3 Å². The summed E-state index contributed by atoms with van der Waals surface area (Å²) in [4.78, 5) is 21.7. The van der Waals surface area contributed by atoms with Crippen molar-refractivity contribution in [1.82, 2.24) is 29.4 Å². The summed E-state index contributed by atoms with van der Waals surface area (Å²) in [6.45, 7) is 2.90. The van der Waals surface area contributed by atoms with E-state index in [1.54, 1.807) is 12.4 Å². The molecule has 0 saturated heterocycles. The Kier molecular flexibility index (Phi) is 4.89. The van der Waals surface area contributed by atoms with E-state index < -0.39 is 0 Å². The highest BCUT2D eigenvalue weighted by molar-refractivity contribution is 5.95. The number of nitrogens with zero attached hydrogens (tertiary/aromatic N) is 6. The number of carbonyl (C=O) groups excluding carboxylic acids is 1. The van der Waals surface area contributed by atoms with Crippen molar-refractivity contribution in [1.29, 1.82) is 0 Å². The molecule has 33 heavy (non-hydrogen) atoms. The van der Waals surface area contributed by atoms with Crippen LogP contribution in [0.4, 0.5) is 0 Å². The van der Waals surface area contributed by atoms with Gasteiger partial charge in [0.25, 0.3) is 0 Å². The molecule has 5 heterocycles. The first-order valence-corrected chi connectivity index (χ1v) is 11.7. The molecule has 6 rings (SSSR count). The molecule has 0 atom stereocenters. The fourth-order valence-corrected chi connectivity index (χ4v) is 4.76. The highest BCUT2D eigenvalue weighted by Crippen LogP contribution is 2.39. The van der Waals surface area contributed by atoms with E-state index in [2.05, 4.69) is 20.8 Å². The van der Waals surface area contributed by atoms with Crippen LogP contribution in [0.1, 0.15) is 49.2 Å². The highest BCUT2D eigenvalue weighted by Gasteiger charge is 2.27. The molecule has 0 spiro atoms. The van der Waals surface area contributed by atoms with Gasteiger partial charge < -0.3 is 0 Å². The van der Waals surface area contributed by atoms with Crippen LogP contribution in [0.3, 0.4) is 0 Å². The van der Waals surface area contributed by atoms with Crippen LogP contribution in [0.25, 0.3) is 34.2 Å². The Morgan fingerprint density at radius 1 is 1.21 bits per heavy atom. The Morgan fingerprint density at radius 2 is 2.12 bits per heavy atom. The van der Waals surface area contributed by atoms with Crippen molar-refractivity contribution < 1.29 is 4.79 Å². The van der Waals surface area contributed by atoms with E-state index >= 15 is 0 Å². The number of rotatable bonds is 7. The molecule has 0 aromatic carbocycles. The first kappa shape index (κ1) is 20.0. The molecule has 1 fully saturated rings. The summed E-state index contributed by atoms with van der Waals surface area (Å²) in [7, 11) is 0. The van der Waals surface area contributed by atoms with Gasteiger partial charge in [0.05, 0.1) is 11.4 Å². The van der Waals surface area contributed by atoms with Crippen molar-refractivity contribution in [2.75, 3.05) is 0 Å². The van der Waals surface area contributed by atoms with Crippen molar-refractivity contribution >= 4 is 17.5 Å². The summed E-state index contributed by atoms with van der Waals surface area (Å²) in [5, 5.41) is 9.42. The minimum Gasteiger partial charge on any atom is -0.295 e. The zero-order valence-corrected chi connectivity index (χ0v) is 18.7. The fraction of sp³-hybridized carbons (Fsp3) is 0.346. The fourth-order valence-electron chi connectivity index (χ4n) is 4.76. The molecule has 4 aromatic rings. The Bertz CT molecular complexity index is 1390. The molecule has 7 heteroatoms. The van der Waals surface area contributed by atoms with Gasteiger partial charge in [-0.25, -0.2) is 9.50 Å². The van der Waals surface area contributed by atoms with E-state index in [4.69, 9.17) is 10.1 Å². The van der Waals surface area contributed by atoms with Crippen LogP contribution in [0.2, 0.25) is 0 Å². The number of fused-ring (bicyclic) bond motifs is 2. The predicted molar refractivity (Wildman–Crippen MR) is 126 cm³/mol. The molecule has 0 unspecified atom stereocenters. The molecule has 0 N–H and O–H groups in total. The summed E-state index contributed by atoms with van der Waals surface area (Å²) in [5.74, 6) is 0.904. The van der Waals surface area contributed by atoms with Crippen molar-refractivity contribution in [2.24, 2.45) is 5.92 Å². The minimum atomic E-state index is 0.158. The van der Waals surface area contributed by atoms with Crippen LogP contribution in [-0.2, 0) is 17.8 Å². The van der Waals surface area contributed by atoms with Gasteiger partial charge in [-0.15, -0.1) is 0 Å². The number of allylic oxidation sites excluding steroid dienone is 1. The summed E-state index contributed by atoms with van der Waals surface area (Å²) in [6, 6.07) is 10.1. The van der Waals surface area contributed by atoms with Crippen molar-refractivity contribution in [3.05, 3.63) is 59.8 Å². The lowest BCUT2D eigenvalue weighted by atomic mass is 9.97. The topological polar surface area (TPSA) is 78.0 Å². The van der Waals surface area contributed by atoms with Gasteiger partial charge in [-0.3, -0.25) is 14.5 Å². The summed E-state index contributed by atoms with van der Waals surface area (Å²) in [5.41, 5.74) is 7.59. The molecular formula is C26H26N6O. The van der Waals surface area contributed by atoms with Crippen LogP contribution >= 0.6 is 0 Å². The van der Waals surface area contributed by atoms with Crippen molar-refractivity contribution in [3.63, 3.8) is 0 Å². The lowest BCUT2D eigenvalue weighted by Crippen LogP contribution is -2.00. The Labute approximate surface area is 192 Å². The Balaban J connectivity index is 1.49. The number of aryl methyl sites for hydroxylation is 2. The standard InChI is InChI=1S/C26H26N6O/c1-17-4-2-5-21(29-17)26-25(23-6-3-15-31(23)30-26)20-12-14-24-27-16-28-32(24)22(20)13-11-19(33)10-9-18-7-8-18/h2,4-5,11-14,16,18H,3,6-10,15H2,1H3/b13-11+. The second-order valence-corrected chi connectivity index (χ2v) is 9.11. The number of carbonyl (C=O) groups is 1. The Morgan fingerprint density at radius 3 is 2.97 bits per heavy atom. The highest BCUT2D eigenvalue weighted by atomic mass is 16.1. The van der Waals surface area contributed by atoms with Gasteiger partial charge in [0.1, 0.15) is 12.0 Å². The summed E-state index contributed by atoms with van der Waals surface area (Å²) < 4.78 is 3.92.